The number of nitrogens with zero attached hydrogens (tertiary/aromatic N) is 1. The zero-order chi connectivity index (χ0) is 27.4. The Kier molecular flexibility index (Phi) is 8.78. The van der Waals surface area contributed by atoms with Crippen molar-refractivity contribution < 1.29 is 19.0 Å². The molecule has 3 aromatic rings. The molecule has 4 rings (SSSR count). The number of ether oxygens (including phenoxy) is 3. The van der Waals surface area contributed by atoms with Crippen LogP contribution in [0.4, 0.5) is 0 Å². The van der Waals surface area contributed by atoms with Gasteiger partial charge in [-0.2, -0.15) is 0 Å². The second-order valence-corrected chi connectivity index (χ2v) is 10.6. The number of methoxy groups -OCH3 is 3. The lowest BCUT2D eigenvalue weighted by Gasteiger charge is -2.38. The molecule has 0 N–H and O–H groups in total. The maximum atomic E-state index is 13.5. The van der Waals surface area contributed by atoms with Crippen molar-refractivity contribution in [2.75, 3.05) is 21.3 Å². The highest BCUT2D eigenvalue weighted by molar-refractivity contribution is 5.75. The highest BCUT2D eigenvalue weighted by Crippen LogP contribution is 2.47. The van der Waals surface area contributed by atoms with E-state index in [1.165, 1.54) is 34.9 Å². The zero-order valence-electron chi connectivity index (χ0n) is 23.8. The topological polar surface area (TPSA) is 48.0 Å². The summed E-state index contributed by atoms with van der Waals surface area (Å²) in [7, 11) is 4.83. The largest absolute Gasteiger partial charge is 0.493 e. The van der Waals surface area contributed by atoms with Crippen LogP contribution in [0.2, 0.25) is 0 Å². The van der Waals surface area contributed by atoms with Gasteiger partial charge in [-0.25, -0.2) is 0 Å². The van der Waals surface area contributed by atoms with E-state index in [-0.39, 0.29) is 29.9 Å². The van der Waals surface area contributed by atoms with Gasteiger partial charge in [0.2, 0.25) is 0 Å². The Hall–Kier alpha value is -3.31. The van der Waals surface area contributed by atoms with Gasteiger partial charge in [-0.1, -0.05) is 54.1 Å². The molecule has 5 nitrogen and oxygen atoms in total. The molecule has 1 aliphatic carbocycles. The van der Waals surface area contributed by atoms with E-state index < -0.39 is 0 Å². The molecule has 1 saturated carbocycles. The molecule has 4 atom stereocenters. The first-order chi connectivity index (χ1) is 18.3. The minimum Gasteiger partial charge on any atom is -0.493 e. The lowest BCUT2D eigenvalue weighted by atomic mass is 9.81. The van der Waals surface area contributed by atoms with Gasteiger partial charge in [0.05, 0.1) is 27.2 Å². The van der Waals surface area contributed by atoms with Gasteiger partial charge in [0.25, 0.3) is 0 Å². The van der Waals surface area contributed by atoms with Gasteiger partial charge in [-0.3, -0.25) is 9.69 Å². The van der Waals surface area contributed by atoms with Crippen LogP contribution >= 0.6 is 0 Å². The van der Waals surface area contributed by atoms with Crippen LogP contribution in [0.3, 0.4) is 0 Å². The lowest BCUT2D eigenvalue weighted by molar-refractivity contribution is -0.148. The van der Waals surface area contributed by atoms with Crippen molar-refractivity contribution in [2.45, 2.75) is 65.1 Å². The summed E-state index contributed by atoms with van der Waals surface area (Å²) in [6.07, 6.45) is 1.86. The molecule has 0 spiro atoms. The van der Waals surface area contributed by atoms with E-state index in [1.807, 2.05) is 18.2 Å². The molecule has 1 fully saturated rings. The molecule has 202 valence electrons. The average molecular weight is 516 g/mol. The molecule has 0 heterocycles. The molecule has 0 amide bonds. The van der Waals surface area contributed by atoms with Gasteiger partial charge >= 0.3 is 5.97 Å². The summed E-state index contributed by atoms with van der Waals surface area (Å²) < 4.78 is 16.5. The number of hydrogen-bond donors (Lipinski definition) is 0. The number of hydrogen-bond acceptors (Lipinski definition) is 5. The first-order valence-corrected chi connectivity index (χ1v) is 13.5. The Bertz CT molecular complexity index is 1230. The number of carbonyl (C=O) groups is 1. The lowest BCUT2D eigenvalue weighted by Crippen LogP contribution is -2.43. The summed E-state index contributed by atoms with van der Waals surface area (Å²) in [4.78, 5) is 16.0. The molecule has 1 aliphatic rings. The van der Waals surface area contributed by atoms with Crippen LogP contribution < -0.4 is 9.47 Å². The van der Waals surface area contributed by atoms with E-state index in [1.54, 1.807) is 14.2 Å². The van der Waals surface area contributed by atoms with Crippen LogP contribution in [0.5, 0.6) is 11.5 Å². The van der Waals surface area contributed by atoms with Crippen LogP contribution in [0, 0.1) is 26.7 Å². The summed E-state index contributed by atoms with van der Waals surface area (Å²) in [6.45, 7) is 9.38. The zero-order valence-corrected chi connectivity index (χ0v) is 23.8. The molecular weight excluding hydrogens is 474 g/mol. The van der Waals surface area contributed by atoms with Crippen molar-refractivity contribution in [3.05, 3.63) is 94.0 Å². The Balaban J connectivity index is 1.78. The minimum atomic E-state index is -0.258. The first-order valence-electron chi connectivity index (χ1n) is 13.5. The number of carbonyl (C=O) groups excluding carboxylic acids is 1. The first kappa shape index (κ1) is 27.7. The number of aryl methyl sites for hydroxylation is 3. The smallest absolute Gasteiger partial charge is 0.310 e. The highest BCUT2D eigenvalue weighted by Gasteiger charge is 2.47. The van der Waals surface area contributed by atoms with Crippen molar-refractivity contribution in [3.8, 4) is 11.5 Å². The van der Waals surface area contributed by atoms with Crippen molar-refractivity contribution in [1.82, 2.24) is 4.90 Å². The van der Waals surface area contributed by atoms with E-state index in [9.17, 15) is 4.79 Å². The third-order valence-electron chi connectivity index (χ3n) is 8.22. The van der Waals surface area contributed by atoms with Gasteiger partial charge in [-0.05, 0) is 86.4 Å². The molecule has 0 aliphatic heterocycles. The normalized spacial score (nSPS) is 19.8. The van der Waals surface area contributed by atoms with Crippen LogP contribution in [0.15, 0.2) is 60.7 Å². The maximum Gasteiger partial charge on any atom is 0.310 e. The average Bonchev–Trinajstić information content (AvgIpc) is 3.34. The quantitative estimate of drug-likeness (QED) is 0.289. The number of esters is 1. The van der Waals surface area contributed by atoms with Gasteiger partial charge < -0.3 is 14.2 Å². The molecule has 0 saturated heterocycles. The molecule has 0 unspecified atom stereocenters. The summed E-state index contributed by atoms with van der Waals surface area (Å²) in [5, 5.41) is 0. The van der Waals surface area contributed by atoms with Gasteiger partial charge in [0.1, 0.15) is 0 Å². The molecule has 3 aromatic carbocycles. The Morgan fingerprint density at radius 1 is 0.895 bits per heavy atom. The van der Waals surface area contributed by atoms with E-state index in [0.717, 1.165) is 18.4 Å². The minimum absolute atomic E-state index is 0.0239. The van der Waals surface area contributed by atoms with E-state index in [0.29, 0.717) is 18.0 Å². The fourth-order valence-electron chi connectivity index (χ4n) is 6.56. The Morgan fingerprint density at radius 3 is 2.16 bits per heavy atom. The van der Waals surface area contributed by atoms with Crippen molar-refractivity contribution >= 4 is 5.97 Å². The molecule has 0 aromatic heterocycles. The molecule has 0 bridgehead atoms. The molecule has 38 heavy (non-hydrogen) atoms. The van der Waals surface area contributed by atoms with Crippen molar-refractivity contribution in [2.24, 2.45) is 5.92 Å². The standard InChI is InChI=1S/C33H41NO4/c1-21-17-22(2)31(23(3)18-21)27-14-15-28(32(27)33(35)38-7)34(24(4)26-11-9-8-10-12-26)20-25-13-16-29(36-5)30(19-25)37-6/h8-13,16-19,24,27-28,32H,14-15,20H2,1-7H3/t24-,27+,28-,32+/m1/s1. The number of rotatable bonds is 9. The van der Waals surface area contributed by atoms with Gasteiger partial charge in [0.15, 0.2) is 11.5 Å². The second kappa shape index (κ2) is 12.0. The third kappa shape index (κ3) is 5.58. The van der Waals surface area contributed by atoms with Crippen LogP contribution in [0.25, 0.3) is 0 Å². The predicted molar refractivity (Wildman–Crippen MR) is 152 cm³/mol. The monoisotopic (exact) mass is 515 g/mol. The van der Waals surface area contributed by atoms with Crippen molar-refractivity contribution in [3.63, 3.8) is 0 Å². The second-order valence-electron chi connectivity index (χ2n) is 10.6. The summed E-state index contributed by atoms with van der Waals surface area (Å²) in [6, 6.07) is 21.2. The van der Waals surface area contributed by atoms with Crippen LogP contribution in [-0.4, -0.2) is 38.2 Å². The molecule has 0 radical (unpaired) electrons. The molecule has 5 heteroatoms. The van der Waals surface area contributed by atoms with Crippen LogP contribution in [0.1, 0.15) is 65.1 Å². The van der Waals surface area contributed by atoms with Crippen LogP contribution in [-0.2, 0) is 16.1 Å². The molecular formula is C33H41NO4. The maximum absolute atomic E-state index is 13.5. The third-order valence-corrected chi connectivity index (χ3v) is 8.22. The fraction of sp³-hybridized carbons (Fsp3) is 0.424. The highest BCUT2D eigenvalue weighted by atomic mass is 16.5. The van der Waals surface area contributed by atoms with E-state index in [2.05, 4.69) is 75.1 Å². The summed E-state index contributed by atoms with van der Waals surface area (Å²) in [5.74, 6) is 1.14. The van der Waals surface area contributed by atoms with E-state index >= 15 is 0 Å². The Labute approximate surface area is 227 Å². The Morgan fingerprint density at radius 2 is 1.55 bits per heavy atom. The fourth-order valence-corrected chi connectivity index (χ4v) is 6.56. The predicted octanol–water partition coefficient (Wildman–Crippen LogP) is 6.93. The number of benzene rings is 3. The van der Waals surface area contributed by atoms with Gasteiger partial charge in [-0.15, -0.1) is 0 Å². The van der Waals surface area contributed by atoms with E-state index in [4.69, 9.17) is 14.2 Å². The van der Waals surface area contributed by atoms with Gasteiger partial charge in [0, 0.05) is 18.6 Å². The van der Waals surface area contributed by atoms with Crippen molar-refractivity contribution in [1.29, 1.82) is 0 Å². The SMILES string of the molecule is COC(=O)[C@@H]1[C@H](N(Cc2ccc(OC)c(OC)c2)[C@H](C)c2ccccc2)CC[C@H]1c1c(C)cc(C)cc1C. The summed E-state index contributed by atoms with van der Waals surface area (Å²) >= 11 is 0. The summed E-state index contributed by atoms with van der Waals surface area (Å²) in [5.41, 5.74) is 7.39.